The third-order valence-electron chi connectivity index (χ3n) is 2.54. The molecule has 0 bridgehead atoms. The van der Waals surface area contributed by atoms with Crippen molar-refractivity contribution in [2.24, 2.45) is 0 Å². The van der Waals surface area contributed by atoms with Gasteiger partial charge in [-0.25, -0.2) is 0 Å². The fourth-order valence-corrected chi connectivity index (χ4v) is 2.40. The standard InChI is InChI=1S/C14H17NO4P/c1-3-18-20(17)14-8-5-12(6-9-14)4-7-13(10-15)19-11(2)16/h5-6,8-9,13H,3-4,7H2,1-2H3/q+1. The average Bonchev–Trinajstić information content (AvgIpc) is 2.44. The van der Waals surface area contributed by atoms with Gasteiger partial charge in [0, 0.05) is 13.3 Å². The molecule has 0 aliphatic heterocycles. The molecule has 1 aromatic rings. The summed E-state index contributed by atoms with van der Waals surface area (Å²) in [5.74, 6) is -0.458. The molecule has 20 heavy (non-hydrogen) atoms. The summed E-state index contributed by atoms with van der Waals surface area (Å²) in [7, 11) is -1.80. The zero-order valence-electron chi connectivity index (χ0n) is 11.5. The Morgan fingerprint density at radius 1 is 1.40 bits per heavy atom. The molecule has 2 atom stereocenters. The van der Waals surface area contributed by atoms with Crippen molar-refractivity contribution in [3.05, 3.63) is 29.8 Å². The predicted octanol–water partition coefficient (Wildman–Crippen LogP) is 2.48. The summed E-state index contributed by atoms with van der Waals surface area (Å²) in [6.45, 7) is 3.48. The number of aryl methyl sites for hydroxylation is 1. The largest absolute Gasteiger partial charge is 0.548 e. The fourth-order valence-electron chi connectivity index (χ4n) is 1.62. The molecule has 0 aromatic heterocycles. The lowest BCUT2D eigenvalue weighted by atomic mass is 10.1. The molecule has 6 heteroatoms. The maximum absolute atomic E-state index is 11.6. The van der Waals surface area contributed by atoms with Gasteiger partial charge in [-0.15, -0.1) is 4.52 Å². The summed E-state index contributed by atoms with van der Waals surface area (Å²) >= 11 is 0. The first-order chi connectivity index (χ1) is 9.56. The van der Waals surface area contributed by atoms with E-state index in [1.165, 1.54) is 6.92 Å². The summed E-state index contributed by atoms with van der Waals surface area (Å²) < 4.78 is 21.5. The molecule has 0 aliphatic carbocycles. The van der Waals surface area contributed by atoms with E-state index in [1.807, 2.05) is 18.2 Å². The van der Waals surface area contributed by atoms with Crippen LogP contribution in [-0.4, -0.2) is 18.7 Å². The van der Waals surface area contributed by atoms with Crippen LogP contribution in [0.15, 0.2) is 24.3 Å². The molecule has 0 heterocycles. The van der Waals surface area contributed by atoms with Gasteiger partial charge < -0.3 is 4.74 Å². The van der Waals surface area contributed by atoms with Gasteiger partial charge in [-0.1, -0.05) is 12.1 Å². The fraction of sp³-hybridized carbons (Fsp3) is 0.429. The van der Waals surface area contributed by atoms with Crippen LogP contribution < -0.4 is 5.30 Å². The number of nitrogens with zero attached hydrogens (tertiary/aromatic N) is 1. The Labute approximate surface area is 119 Å². The number of hydrogen-bond acceptors (Lipinski definition) is 5. The Morgan fingerprint density at radius 3 is 2.55 bits per heavy atom. The average molecular weight is 294 g/mol. The van der Waals surface area contributed by atoms with Gasteiger partial charge in [-0.05, 0) is 35.6 Å². The number of carbonyl (C=O) groups is 1. The van der Waals surface area contributed by atoms with Gasteiger partial charge in [0.2, 0.25) is 5.30 Å². The number of hydrogen-bond donors (Lipinski definition) is 0. The Morgan fingerprint density at radius 2 is 2.05 bits per heavy atom. The first-order valence-corrected chi connectivity index (χ1v) is 7.50. The monoisotopic (exact) mass is 294 g/mol. The number of carbonyl (C=O) groups excluding carboxylic acids is 1. The molecular weight excluding hydrogens is 277 g/mol. The zero-order chi connectivity index (χ0) is 15.0. The van der Waals surface area contributed by atoms with E-state index in [-0.39, 0.29) is 0 Å². The normalized spacial score (nSPS) is 12.3. The van der Waals surface area contributed by atoms with E-state index < -0.39 is 20.1 Å². The maximum Gasteiger partial charge on any atom is 0.548 e. The molecule has 0 saturated heterocycles. The Hall–Kier alpha value is -1.76. The van der Waals surface area contributed by atoms with Gasteiger partial charge >= 0.3 is 14.0 Å². The van der Waals surface area contributed by atoms with Crippen molar-refractivity contribution >= 4 is 19.3 Å². The molecule has 0 N–H and O–H groups in total. The highest BCUT2D eigenvalue weighted by Gasteiger charge is 2.20. The van der Waals surface area contributed by atoms with Crippen LogP contribution in [0.25, 0.3) is 0 Å². The zero-order valence-corrected chi connectivity index (χ0v) is 12.4. The minimum absolute atomic E-state index is 0.406. The van der Waals surface area contributed by atoms with Gasteiger partial charge in [0.1, 0.15) is 12.7 Å². The summed E-state index contributed by atoms with van der Waals surface area (Å²) in [5, 5.41) is 9.49. The number of nitriles is 1. The van der Waals surface area contributed by atoms with E-state index in [4.69, 9.17) is 14.5 Å². The lowest BCUT2D eigenvalue weighted by Crippen LogP contribution is -2.15. The minimum Gasteiger partial charge on any atom is -0.447 e. The van der Waals surface area contributed by atoms with Crippen LogP contribution in [0.1, 0.15) is 25.8 Å². The van der Waals surface area contributed by atoms with E-state index in [2.05, 4.69) is 0 Å². The molecule has 106 valence electrons. The molecule has 0 amide bonds. The summed E-state index contributed by atoms with van der Waals surface area (Å²) in [6.07, 6.45) is 0.316. The van der Waals surface area contributed by atoms with Gasteiger partial charge in [0.25, 0.3) is 0 Å². The Bertz CT molecular complexity index is 507. The molecular formula is C14H17NO4P+. The first kappa shape index (κ1) is 16.3. The van der Waals surface area contributed by atoms with Crippen LogP contribution in [0, 0.1) is 11.3 Å². The van der Waals surface area contributed by atoms with Gasteiger partial charge in [-0.3, -0.25) is 4.79 Å². The highest BCUT2D eigenvalue weighted by molar-refractivity contribution is 7.48. The van der Waals surface area contributed by atoms with E-state index in [9.17, 15) is 9.36 Å². The lowest BCUT2D eigenvalue weighted by Gasteiger charge is -2.08. The van der Waals surface area contributed by atoms with Crippen LogP contribution >= 0.6 is 8.03 Å². The quantitative estimate of drug-likeness (QED) is 0.570. The number of ether oxygens (including phenoxy) is 1. The van der Waals surface area contributed by atoms with Crippen molar-refractivity contribution in [3.8, 4) is 6.07 Å². The van der Waals surface area contributed by atoms with Crippen LogP contribution in [0.4, 0.5) is 0 Å². The second kappa shape index (κ2) is 8.42. The van der Waals surface area contributed by atoms with Crippen molar-refractivity contribution in [3.63, 3.8) is 0 Å². The molecule has 1 aromatic carbocycles. The molecule has 0 spiro atoms. The Kier molecular flexibility index (Phi) is 6.86. The molecule has 5 nitrogen and oxygen atoms in total. The molecule has 0 saturated carbocycles. The first-order valence-electron chi connectivity index (χ1n) is 6.32. The van der Waals surface area contributed by atoms with Gasteiger partial charge in [0.05, 0.1) is 0 Å². The highest BCUT2D eigenvalue weighted by atomic mass is 31.1. The number of esters is 1. The third kappa shape index (κ3) is 5.48. The van der Waals surface area contributed by atoms with Crippen molar-refractivity contribution in [1.82, 2.24) is 0 Å². The molecule has 0 radical (unpaired) electrons. The highest BCUT2D eigenvalue weighted by Crippen LogP contribution is 2.21. The second-order valence-electron chi connectivity index (χ2n) is 4.11. The van der Waals surface area contributed by atoms with Gasteiger partial charge in [0.15, 0.2) is 6.10 Å². The van der Waals surface area contributed by atoms with E-state index in [0.29, 0.717) is 24.8 Å². The van der Waals surface area contributed by atoms with Crippen molar-refractivity contribution in [2.45, 2.75) is 32.8 Å². The smallest absolute Gasteiger partial charge is 0.447 e. The van der Waals surface area contributed by atoms with Crippen LogP contribution in [0.2, 0.25) is 0 Å². The van der Waals surface area contributed by atoms with E-state index in [0.717, 1.165) is 5.56 Å². The van der Waals surface area contributed by atoms with Crippen LogP contribution in [0.5, 0.6) is 0 Å². The number of benzene rings is 1. The molecule has 1 rings (SSSR count). The molecule has 0 fully saturated rings. The van der Waals surface area contributed by atoms with Crippen LogP contribution in [-0.2, 0) is 25.0 Å². The third-order valence-corrected chi connectivity index (χ3v) is 3.75. The second-order valence-corrected chi connectivity index (χ2v) is 5.40. The molecule has 0 aliphatic rings. The maximum atomic E-state index is 11.6. The molecule has 2 unspecified atom stereocenters. The number of rotatable bonds is 7. The van der Waals surface area contributed by atoms with Crippen molar-refractivity contribution in [1.29, 1.82) is 5.26 Å². The summed E-state index contributed by atoms with van der Waals surface area (Å²) in [4.78, 5) is 10.8. The van der Waals surface area contributed by atoms with Crippen molar-refractivity contribution < 1.29 is 18.6 Å². The Balaban J connectivity index is 2.55. The van der Waals surface area contributed by atoms with Crippen molar-refractivity contribution in [2.75, 3.05) is 6.61 Å². The SMILES string of the molecule is CCO[P+](=O)c1ccc(CCC(C#N)OC(C)=O)cc1. The minimum atomic E-state index is -1.80. The predicted molar refractivity (Wildman–Crippen MR) is 74.8 cm³/mol. The summed E-state index contributed by atoms with van der Waals surface area (Å²) in [5.41, 5.74) is 0.987. The van der Waals surface area contributed by atoms with Crippen LogP contribution in [0.3, 0.4) is 0 Å². The summed E-state index contributed by atoms with van der Waals surface area (Å²) in [6, 6.07) is 9.11. The lowest BCUT2D eigenvalue weighted by molar-refractivity contribution is -0.144. The topological polar surface area (TPSA) is 76.4 Å². The van der Waals surface area contributed by atoms with E-state index in [1.54, 1.807) is 19.1 Å². The van der Waals surface area contributed by atoms with Gasteiger partial charge in [-0.2, -0.15) is 5.26 Å². The van der Waals surface area contributed by atoms with E-state index >= 15 is 0 Å².